The van der Waals surface area contributed by atoms with Crippen molar-refractivity contribution in [3.63, 3.8) is 0 Å². The molecule has 11 nitrogen and oxygen atoms in total. The normalized spacial score (nSPS) is 16.8. The SMILES string of the molecule is COc1cc(-c2cccc(CNCC[C@H]3CN(c4ccc5c(n4)NC(=O)CO5)C(=O)O3)c2)cnn1. The van der Waals surface area contributed by atoms with Gasteiger partial charge in [-0.05, 0) is 42.3 Å². The Labute approximate surface area is 201 Å². The number of aromatic nitrogens is 3. The smallest absolute Gasteiger partial charge is 0.415 e. The molecule has 180 valence electrons. The number of carbonyl (C=O) groups is 2. The van der Waals surface area contributed by atoms with Crippen LogP contribution in [0.1, 0.15) is 12.0 Å². The molecule has 2 amide bonds. The van der Waals surface area contributed by atoms with Crippen LogP contribution in [0.2, 0.25) is 0 Å². The Bertz CT molecular complexity index is 1250. The summed E-state index contributed by atoms with van der Waals surface area (Å²) in [6.07, 6.45) is 1.63. The minimum Gasteiger partial charge on any atom is -0.480 e. The summed E-state index contributed by atoms with van der Waals surface area (Å²) in [7, 11) is 1.56. The van der Waals surface area contributed by atoms with Crippen molar-refractivity contribution in [1.29, 1.82) is 0 Å². The lowest BCUT2D eigenvalue weighted by Gasteiger charge is -2.19. The molecule has 0 radical (unpaired) electrons. The first-order valence-electron chi connectivity index (χ1n) is 11.2. The summed E-state index contributed by atoms with van der Waals surface area (Å²) in [5.74, 6) is 1.38. The number of fused-ring (bicyclic) bond motifs is 1. The maximum atomic E-state index is 12.4. The molecular formula is C24H24N6O5. The molecule has 2 N–H and O–H groups in total. The number of amides is 2. The van der Waals surface area contributed by atoms with E-state index in [0.29, 0.717) is 49.3 Å². The van der Waals surface area contributed by atoms with E-state index in [2.05, 4.69) is 31.9 Å². The monoisotopic (exact) mass is 476 g/mol. The van der Waals surface area contributed by atoms with Crippen LogP contribution in [0.25, 0.3) is 11.1 Å². The highest BCUT2D eigenvalue weighted by Crippen LogP contribution is 2.30. The van der Waals surface area contributed by atoms with Crippen molar-refractivity contribution in [3.8, 4) is 22.8 Å². The molecular weight excluding hydrogens is 452 g/mol. The Hall–Kier alpha value is -4.25. The molecule has 0 spiro atoms. The summed E-state index contributed by atoms with van der Waals surface area (Å²) in [6.45, 7) is 1.67. The lowest BCUT2D eigenvalue weighted by Crippen LogP contribution is -2.29. The largest absolute Gasteiger partial charge is 0.480 e. The Morgan fingerprint density at radius 1 is 1.20 bits per heavy atom. The van der Waals surface area contributed by atoms with E-state index in [1.807, 2.05) is 24.3 Å². The number of nitrogens with zero attached hydrogens (tertiary/aromatic N) is 4. The molecule has 0 aliphatic carbocycles. The maximum Gasteiger partial charge on any atom is 0.415 e. The van der Waals surface area contributed by atoms with E-state index in [9.17, 15) is 9.59 Å². The van der Waals surface area contributed by atoms with Gasteiger partial charge < -0.3 is 24.8 Å². The molecule has 4 heterocycles. The topological polar surface area (TPSA) is 128 Å². The van der Waals surface area contributed by atoms with Crippen molar-refractivity contribution >= 4 is 23.6 Å². The zero-order chi connectivity index (χ0) is 24.2. The van der Waals surface area contributed by atoms with Gasteiger partial charge in [0.1, 0.15) is 11.9 Å². The molecule has 0 saturated carbocycles. The van der Waals surface area contributed by atoms with Crippen LogP contribution in [0.4, 0.5) is 16.4 Å². The number of hydrogen-bond donors (Lipinski definition) is 2. The second-order valence-electron chi connectivity index (χ2n) is 8.12. The predicted octanol–water partition coefficient (Wildman–Crippen LogP) is 2.38. The molecule has 1 aromatic carbocycles. The molecule has 2 aromatic heterocycles. The molecule has 0 bridgehead atoms. The highest BCUT2D eigenvalue weighted by molar-refractivity contribution is 5.95. The van der Waals surface area contributed by atoms with Crippen LogP contribution in [-0.2, 0) is 16.1 Å². The predicted molar refractivity (Wildman–Crippen MR) is 126 cm³/mol. The van der Waals surface area contributed by atoms with Crippen molar-refractivity contribution in [3.05, 3.63) is 54.2 Å². The minimum absolute atomic E-state index is 0.0468. The van der Waals surface area contributed by atoms with Gasteiger partial charge in [-0.15, -0.1) is 5.10 Å². The number of cyclic esters (lactones) is 1. The van der Waals surface area contributed by atoms with Gasteiger partial charge in [-0.25, -0.2) is 9.78 Å². The summed E-state index contributed by atoms with van der Waals surface area (Å²) < 4.78 is 16.0. The number of rotatable bonds is 8. The molecule has 11 heteroatoms. The Balaban J connectivity index is 1.13. The van der Waals surface area contributed by atoms with Crippen molar-refractivity contribution in [2.45, 2.75) is 19.1 Å². The molecule has 35 heavy (non-hydrogen) atoms. The van der Waals surface area contributed by atoms with Crippen LogP contribution in [0.3, 0.4) is 0 Å². The maximum absolute atomic E-state index is 12.4. The third-order valence-electron chi connectivity index (χ3n) is 5.68. The number of carbonyl (C=O) groups excluding carboxylic acids is 2. The lowest BCUT2D eigenvalue weighted by atomic mass is 10.1. The fraction of sp³-hybridized carbons (Fsp3) is 0.292. The van der Waals surface area contributed by atoms with E-state index in [4.69, 9.17) is 14.2 Å². The van der Waals surface area contributed by atoms with E-state index >= 15 is 0 Å². The first-order valence-corrected chi connectivity index (χ1v) is 11.2. The van der Waals surface area contributed by atoms with Crippen LogP contribution in [0.5, 0.6) is 11.6 Å². The molecule has 2 aliphatic heterocycles. The van der Waals surface area contributed by atoms with Gasteiger partial charge in [-0.3, -0.25) is 9.69 Å². The summed E-state index contributed by atoms with van der Waals surface area (Å²) >= 11 is 0. The number of methoxy groups -OCH3 is 1. The van der Waals surface area contributed by atoms with Crippen molar-refractivity contribution < 1.29 is 23.8 Å². The van der Waals surface area contributed by atoms with E-state index < -0.39 is 6.09 Å². The summed E-state index contributed by atoms with van der Waals surface area (Å²) in [4.78, 5) is 29.7. The molecule has 1 fully saturated rings. The van der Waals surface area contributed by atoms with Gasteiger partial charge in [0.25, 0.3) is 5.91 Å². The number of anilines is 2. The van der Waals surface area contributed by atoms with Gasteiger partial charge in [0.15, 0.2) is 18.2 Å². The van der Waals surface area contributed by atoms with Crippen molar-refractivity contribution in [2.75, 3.05) is 37.0 Å². The van der Waals surface area contributed by atoms with Crippen LogP contribution >= 0.6 is 0 Å². The van der Waals surface area contributed by atoms with Gasteiger partial charge in [0.2, 0.25) is 5.88 Å². The van der Waals surface area contributed by atoms with E-state index in [1.54, 1.807) is 25.4 Å². The zero-order valence-corrected chi connectivity index (χ0v) is 19.1. The van der Waals surface area contributed by atoms with Gasteiger partial charge >= 0.3 is 6.09 Å². The number of nitrogens with one attached hydrogen (secondary N) is 2. The van der Waals surface area contributed by atoms with E-state index in [1.165, 1.54) is 4.90 Å². The number of ether oxygens (including phenoxy) is 3. The molecule has 3 aromatic rings. The van der Waals surface area contributed by atoms with Crippen molar-refractivity contribution in [2.24, 2.45) is 0 Å². The second kappa shape index (κ2) is 9.94. The van der Waals surface area contributed by atoms with Gasteiger partial charge in [-0.2, -0.15) is 5.10 Å². The molecule has 5 rings (SSSR count). The van der Waals surface area contributed by atoms with E-state index in [-0.39, 0.29) is 18.6 Å². The van der Waals surface area contributed by atoms with Crippen LogP contribution in [0, 0.1) is 0 Å². The van der Waals surface area contributed by atoms with Crippen molar-refractivity contribution in [1.82, 2.24) is 20.5 Å². The molecule has 1 atom stereocenters. The fourth-order valence-corrected chi connectivity index (χ4v) is 3.92. The average Bonchev–Trinajstić information content (AvgIpc) is 3.26. The Morgan fingerprint density at radius 2 is 2.11 bits per heavy atom. The van der Waals surface area contributed by atoms with Gasteiger partial charge in [0.05, 0.1) is 19.9 Å². The Kier molecular flexibility index (Phi) is 6.40. The molecule has 2 aliphatic rings. The number of benzene rings is 1. The number of pyridine rings is 1. The zero-order valence-electron chi connectivity index (χ0n) is 19.1. The molecule has 0 unspecified atom stereocenters. The quantitative estimate of drug-likeness (QED) is 0.471. The highest BCUT2D eigenvalue weighted by Gasteiger charge is 2.33. The Morgan fingerprint density at radius 3 is 3.00 bits per heavy atom. The van der Waals surface area contributed by atoms with E-state index in [0.717, 1.165) is 16.7 Å². The third-order valence-corrected chi connectivity index (χ3v) is 5.68. The first kappa shape index (κ1) is 22.5. The standard InChI is InChI=1S/C24H24N6O5/c1-33-22-10-17(12-26-29-22)16-4-2-3-15(9-16)11-25-8-7-18-13-30(24(32)35-18)20-6-5-19-23(27-20)28-21(31)14-34-19/h2-6,9-10,12,18,25H,7-8,11,13-14H2,1H3,(H,27,28,31)/t18-/m0/s1. The molecule has 1 saturated heterocycles. The fourth-order valence-electron chi connectivity index (χ4n) is 3.92. The van der Waals surface area contributed by atoms with Gasteiger partial charge in [-0.1, -0.05) is 18.2 Å². The summed E-state index contributed by atoms with van der Waals surface area (Å²) in [5, 5.41) is 13.9. The van der Waals surface area contributed by atoms with Gasteiger partial charge in [0, 0.05) is 18.2 Å². The number of hydrogen-bond acceptors (Lipinski definition) is 9. The lowest BCUT2D eigenvalue weighted by molar-refractivity contribution is -0.118. The van der Waals surface area contributed by atoms with Crippen LogP contribution in [-0.4, -0.2) is 60.1 Å². The average molecular weight is 476 g/mol. The minimum atomic E-state index is -0.459. The third kappa shape index (κ3) is 5.14. The summed E-state index contributed by atoms with van der Waals surface area (Å²) in [6, 6.07) is 13.4. The first-order chi connectivity index (χ1) is 17.1. The highest BCUT2D eigenvalue weighted by atomic mass is 16.6. The summed E-state index contributed by atoms with van der Waals surface area (Å²) in [5.41, 5.74) is 3.07. The van der Waals surface area contributed by atoms with Crippen LogP contribution < -0.4 is 25.0 Å². The second-order valence-corrected chi connectivity index (χ2v) is 8.12. The van der Waals surface area contributed by atoms with Crippen LogP contribution in [0.15, 0.2) is 48.7 Å².